The van der Waals surface area contributed by atoms with E-state index in [0.29, 0.717) is 17.2 Å². The third kappa shape index (κ3) is 4.15. The third-order valence-electron chi connectivity index (χ3n) is 4.23. The number of nitro benzene ring substituents is 1. The van der Waals surface area contributed by atoms with Crippen LogP contribution in [-0.2, 0) is 0 Å². The lowest BCUT2D eigenvalue weighted by atomic mass is 10.2. The van der Waals surface area contributed by atoms with E-state index < -0.39 is 10.8 Å². The van der Waals surface area contributed by atoms with Gasteiger partial charge in [-0.25, -0.2) is 4.98 Å². The van der Waals surface area contributed by atoms with Gasteiger partial charge in [0.15, 0.2) is 10.7 Å². The van der Waals surface area contributed by atoms with Crippen LogP contribution in [0.4, 0.5) is 11.4 Å². The molecule has 0 spiro atoms. The Balaban J connectivity index is 1.45. The molecule has 9 heteroatoms. The Morgan fingerprint density at radius 1 is 1.03 bits per heavy atom. The van der Waals surface area contributed by atoms with E-state index in [-0.39, 0.29) is 16.4 Å². The highest BCUT2D eigenvalue weighted by Gasteiger charge is 2.12. The lowest BCUT2D eigenvalue weighted by Crippen LogP contribution is -2.34. The molecule has 0 aliphatic rings. The van der Waals surface area contributed by atoms with E-state index in [0.717, 1.165) is 11.1 Å². The Labute approximate surface area is 175 Å². The van der Waals surface area contributed by atoms with Crippen LogP contribution in [0, 0.1) is 10.1 Å². The Morgan fingerprint density at radius 3 is 2.53 bits per heavy atom. The number of hydrogen-bond donors (Lipinski definition) is 2. The summed E-state index contributed by atoms with van der Waals surface area (Å²) < 4.78 is 5.77. The van der Waals surface area contributed by atoms with E-state index >= 15 is 0 Å². The van der Waals surface area contributed by atoms with Gasteiger partial charge in [-0.05, 0) is 54.7 Å². The summed E-state index contributed by atoms with van der Waals surface area (Å²) in [5.41, 5.74) is 3.01. The summed E-state index contributed by atoms with van der Waals surface area (Å²) in [7, 11) is 0. The van der Waals surface area contributed by atoms with Crippen LogP contribution >= 0.6 is 12.2 Å². The average molecular weight is 418 g/mol. The lowest BCUT2D eigenvalue weighted by molar-refractivity contribution is -0.384. The first-order valence-electron chi connectivity index (χ1n) is 8.82. The van der Waals surface area contributed by atoms with Crippen LogP contribution in [0.3, 0.4) is 0 Å². The van der Waals surface area contributed by atoms with E-state index in [4.69, 9.17) is 16.6 Å². The van der Waals surface area contributed by atoms with Gasteiger partial charge in [-0.3, -0.25) is 20.2 Å². The molecule has 0 radical (unpaired) electrons. The maximum Gasteiger partial charge on any atom is 0.269 e. The number of para-hydroxylation sites is 2. The summed E-state index contributed by atoms with van der Waals surface area (Å²) in [4.78, 5) is 26.9. The molecular weight excluding hydrogens is 404 g/mol. The molecule has 30 heavy (non-hydrogen) atoms. The number of oxazole rings is 1. The summed E-state index contributed by atoms with van der Waals surface area (Å²) in [6.07, 6.45) is 0. The number of fused-ring (bicyclic) bond motifs is 1. The number of anilines is 1. The second-order valence-electron chi connectivity index (χ2n) is 6.28. The number of carbonyl (C=O) groups is 1. The molecule has 1 amide bonds. The van der Waals surface area contributed by atoms with E-state index in [1.807, 2.05) is 36.4 Å². The van der Waals surface area contributed by atoms with Crippen molar-refractivity contribution in [2.24, 2.45) is 0 Å². The highest BCUT2D eigenvalue weighted by atomic mass is 32.1. The van der Waals surface area contributed by atoms with Gasteiger partial charge in [0.25, 0.3) is 11.6 Å². The van der Waals surface area contributed by atoms with Crippen molar-refractivity contribution in [3.63, 3.8) is 0 Å². The van der Waals surface area contributed by atoms with Gasteiger partial charge in [-0.2, -0.15) is 0 Å². The topological polar surface area (TPSA) is 110 Å². The minimum Gasteiger partial charge on any atom is -0.436 e. The van der Waals surface area contributed by atoms with Crippen molar-refractivity contribution in [2.45, 2.75) is 0 Å². The number of nitro groups is 1. The Morgan fingerprint density at radius 2 is 1.80 bits per heavy atom. The highest BCUT2D eigenvalue weighted by Crippen LogP contribution is 2.26. The van der Waals surface area contributed by atoms with Crippen molar-refractivity contribution in [1.82, 2.24) is 10.3 Å². The number of rotatable bonds is 4. The van der Waals surface area contributed by atoms with Crippen LogP contribution in [0.5, 0.6) is 0 Å². The van der Waals surface area contributed by atoms with Crippen LogP contribution in [0.1, 0.15) is 10.4 Å². The zero-order chi connectivity index (χ0) is 21.1. The van der Waals surface area contributed by atoms with Gasteiger partial charge in [-0.1, -0.05) is 18.2 Å². The number of hydrogen-bond acceptors (Lipinski definition) is 6. The van der Waals surface area contributed by atoms with Crippen LogP contribution < -0.4 is 10.6 Å². The maximum absolute atomic E-state index is 12.3. The van der Waals surface area contributed by atoms with Crippen molar-refractivity contribution >= 4 is 45.7 Å². The zero-order valence-electron chi connectivity index (χ0n) is 15.4. The molecular formula is C21H14N4O4S. The molecule has 0 aliphatic heterocycles. The lowest BCUT2D eigenvalue weighted by Gasteiger charge is -2.10. The number of carbonyl (C=O) groups excluding carboxylic acids is 1. The fourth-order valence-corrected chi connectivity index (χ4v) is 3.01. The van der Waals surface area contributed by atoms with Gasteiger partial charge < -0.3 is 9.73 Å². The molecule has 3 aromatic carbocycles. The second kappa shape index (κ2) is 8.10. The average Bonchev–Trinajstić information content (AvgIpc) is 3.18. The summed E-state index contributed by atoms with van der Waals surface area (Å²) in [5.74, 6) is -0.00168. The van der Waals surface area contributed by atoms with E-state index in [9.17, 15) is 14.9 Å². The first-order valence-corrected chi connectivity index (χ1v) is 9.23. The molecule has 2 N–H and O–H groups in total. The Bertz CT molecular complexity index is 1230. The monoisotopic (exact) mass is 418 g/mol. The predicted molar refractivity (Wildman–Crippen MR) is 116 cm³/mol. The van der Waals surface area contributed by atoms with Gasteiger partial charge in [0, 0.05) is 28.9 Å². The number of amides is 1. The van der Waals surface area contributed by atoms with Gasteiger partial charge in [-0.15, -0.1) is 0 Å². The summed E-state index contributed by atoms with van der Waals surface area (Å²) in [6, 6.07) is 20.0. The molecule has 1 aromatic heterocycles. The van der Waals surface area contributed by atoms with Crippen molar-refractivity contribution in [1.29, 1.82) is 0 Å². The van der Waals surface area contributed by atoms with Crippen LogP contribution in [-0.4, -0.2) is 20.9 Å². The molecule has 8 nitrogen and oxygen atoms in total. The molecule has 0 atom stereocenters. The first-order chi connectivity index (χ1) is 14.5. The minimum absolute atomic E-state index is 0.0908. The summed E-state index contributed by atoms with van der Waals surface area (Å²) in [5, 5.41) is 16.3. The molecule has 0 unspecified atom stereocenters. The smallest absolute Gasteiger partial charge is 0.269 e. The van der Waals surface area contributed by atoms with E-state index in [1.54, 1.807) is 12.1 Å². The SMILES string of the molecule is O=C(NC(=S)Nc1cccc(-c2nc3ccccc3o2)c1)c1ccc([N+](=O)[O-])cc1. The Kier molecular flexibility index (Phi) is 5.19. The predicted octanol–water partition coefficient (Wildman–Crippen LogP) is 4.53. The normalized spacial score (nSPS) is 10.5. The van der Waals surface area contributed by atoms with Gasteiger partial charge in [0.1, 0.15) is 5.52 Å². The van der Waals surface area contributed by atoms with Crippen LogP contribution in [0.25, 0.3) is 22.6 Å². The maximum atomic E-state index is 12.3. The standard InChI is InChI=1S/C21H14N4O4S/c26-19(13-8-10-16(11-9-13)25(27)28)24-21(30)22-15-5-3-4-14(12-15)20-23-17-6-1-2-7-18(17)29-20/h1-12H,(H2,22,24,26,30). The number of non-ortho nitro benzene ring substituents is 1. The summed E-state index contributed by atoms with van der Waals surface area (Å²) >= 11 is 5.20. The highest BCUT2D eigenvalue weighted by molar-refractivity contribution is 7.80. The molecule has 0 saturated carbocycles. The van der Waals surface area contributed by atoms with E-state index in [1.165, 1.54) is 24.3 Å². The van der Waals surface area contributed by atoms with Crippen LogP contribution in [0.2, 0.25) is 0 Å². The number of benzene rings is 3. The molecule has 0 saturated heterocycles. The largest absolute Gasteiger partial charge is 0.436 e. The second-order valence-corrected chi connectivity index (χ2v) is 6.69. The van der Waals surface area contributed by atoms with Crippen molar-refractivity contribution in [3.8, 4) is 11.5 Å². The fourth-order valence-electron chi connectivity index (χ4n) is 2.80. The van der Waals surface area contributed by atoms with E-state index in [2.05, 4.69) is 15.6 Å². The molecule has 4 aromatic rings. The Hall–Kier alpha value is -4.11. The quantitative estimate of drug-likeness (QED) is 0.285. The van der Waals surface area contributed by atoms with Crippen molar-refractivity contribution in [2.75, 3.05) is 5.32 Å². The molecule has 0 aliphatic carbocycles. The van der Waals surface area contributed by atoms with Crippen molar-refractivity contribution in [3.05, 3.63) is 88.5 Å². The zero-order valence-corrected chi connectivity index (χ0v) is 16.2. The molecule has 148 valence electrons. The van der Waals surface area contributed by atoms with Gasteiger partial charge in [0.05, 0.1) is 4.92 Å². The van der Waals surface area contributed by atoms with Crippen molar-refractivity contribution < 1.29 is 14.1 Å². The molecule has 4 rings (SSSR count). The minimum atomic E-state index is -0.530. The number of aromatic nitrogens is 1. The summed E-state index contributed by atoms with van der Waals surface area (Å²) in [6.45, 7) is 0. The number of nitrogens with zero attached hydrogens (tertiary/aromatic N) is 2. The molecule has 0 bridgehead atoms. The number of nitrogens with one attached hydrogen (secondary N) is 2. The molecule has 1 heterocycles. The van der Waals surface area contributed by atoms with Gasteiger partial charge >= 0.3 is 0 Å². The van der Waals surface area contributed by atoms with Crippen LogP contribution in [0.15, 0.2) is 77.2 Å². The number of thiocarbonyl (C=S) groups is 1. The fraction of sp³-hybridized carbons (Fsp3) is 0. The first kappa shape index (κ1) is 19.2. The molecule has 0 fully saturated rings. The van der Waals surface area contributed by atoms with Gasteiger partial charge in [0.2, 0.25) is 5.89 Å². The third-order valence-corrected chi connectivity index (χ3v) is 4.43.